The molecule has 2 rings (SSSR count). The van der Waals surface area contributed by atoms with E-state index in [0.29, 0.717) is 15.8 Å². The molecular formula is C11H9Cl2N3OS. The molecule has 0 spiro atoms. The van der Waals surface area contributed by atoms with Crippen LogP contribution in [0.15, 0.2) is 28.8 Å². The van der Waals surface area contributed by atoms with Gasteiger partial charge in [-0.15, -0.1) is 11.3 Å². The SMILES string of the molecule is COc1c(Cl)cc(/C=N\Nc2nccs2)cc1Cl. The minimum Gasteiger partial charge on any atom is -0.494 e. The lowest BCUT2D eigenvalue weighted by Gasteiger charge is -2.06. The van der Waals surface area contributed by atoms with E-state index in [4.69, 9.17) is 27.9 Å². The number of thiazole rings is 1. The first-order valence-electron chi connectivity index (χ1n) is 4.92. The van der Waals surface area contributed by atoms with Crippen molar-refractivity contribution in [2.24, 2.45) is 5.10 Å². The Morgan fingerprint density at radius 1 is 1.39 bits per heavy atom. The molecule has 0 aliphatic heterocycles. The molecule has 1 N–H and O–H groups in total. The van der Waals surface area contributed by atoms with Gasteiger partial charge in [-0.2, -0.15) is 5.10 Å². The lowest BCUT2D eigenvalue weighted by atomic mass is 10.2. The van der Waals surface area contributed by atoms with Crippen molar-refractivity contribution in [3.05, 3.63) is 39.3 Å². The largest absolute Gasteiger partial charge is 0.494 e. The maximum Gasteiger partial charge on any atom is 0.203 e. The van der Waals surface area contributed by atoms with E-state index in [1.54, 1.807) is 24.5 Å². The third kappa shape index (κ3) is 3.13. The summed E-state index contributed by atoms with van der Waals surface area (Å²) in [5.41, 5.74) is 3.57. The molecule has 2 aromatic rings. The smallest absolute Gasteiger partial charge is 0.203 e. The highest BCUT2D eigenvalue weighted by Gasteiger charge is 2.07. The van der Waals surface area contributed by atoms with Crippen LogP contribution in [0.4, 0.5) is 5.13 Å². The van der Waals surface area contributed by atoms with Crippen LogP contribution in [0, 0.1) is 0 Å². The fourth-order valence-corrected chi connectivity index (χ4v) is 2.43. The number of aromatic nitrogens is 1. The number of methoxy groups -OCH3 is 1. The summed E-state index contributed by atoms with van der Waals surface area (Å²) in [7, 11) is 1.52. The highest BCUT2D eigenvalue weighted by atomic mass is 35.5. The summed E-state index contributed by atoms with van der Waals surface area (Å²) in [4.78, 5) is 4.03. The Bertz CT molecular complexity index is 534. The molecular weight excluding hydrogens is 293 g/mol. The van der Waals surface area contributed by atoms with Crippen LogP contribution in [0.5, 0.6) is 5.75 Å². The van der Waals surface area contributed by atoms with E-state index in [1.165, 1.54) is 18.4 Å². The summed E-state index contributed by atoms with van der Waals surface area (Å²) in [5, 5.41) is 7.51. The second-order valence-corrected chi connectivity index (χ2v) is 4.93. The number of halogens is 2. The van der Waals surface area contributed by atoms with Gasteiger partial charge in [0.2, 0.25) is 5.13 Å². The van der Waals surface area contributed by atoms with E-state index in [2.05, 4.69) is 15.5 Å². The highest BCUT2D eigenvalue weighted by Crippen LogP contribution is 2.33. The fourth-order valence-electron chi connectivity index (χ4n) is 1.29. The maximum absolute atomic E-state index is 6.01. The average molecular weight is 302 g/mol. The summed E-state index contributed by atoms with van der Waals surface area (Å²) in [6.45, 7) is 0. The molecule has 1 heterocycles. The number of nitrogens with one attached hydrogen (secondary N) is 1. The van der Waals surface area contributed by atoms with Crippen molar-refractivity contribution in [3.63, 3.8) is 0 Å². The van der Waals surface area contributed by atoms with Gasteiger partial charge in [-0.05, 0) is 17.7 Å². The first-order chi connectivity index (χ1) is 8.70. The summed E-state index contributed by atoms with van der Waals surface area (Å²) in [6, 6.07) is 3.44. The molecule has 0 saturated carbocycles. The molecule has 1 aromatic heterocycles. The van der Waals surface area contributed by atoms with Crippen LogP contribution in [0.2, 0.25) is 10.0 Å². The van der Waals surface area contributed by atoms with E-state index in [0.717, 1.165) is 10.7 Å². The van der Waals surface area contributed by atoms with E-state index < -0.39 is 0 Å². The van der Waals surface area contributed by atoms with Crippen LogP contribution in [-0.4, -0.2) is 18.3 Å². The molecule has 0 saturated heterocycles. The second kappa shape index (κ2) is 6.04. The minimum atomic E-state index is 0.445. The maximum atomic E-state index is 6.01. The van der Waals surface area contributed by atoms with Crippen molar-refractivity contribution in [2.75, 3.05) is 12.5 Å². The van der Waals surface area contributed by atoms with Gasteiger partial charge in [0.1, 0.15) is 0 Å². The normalized spacial score (nSPS) is 10.8. The van der Waals surface area contributed by atoms with Gasteiger partial charge in [-0.1, -0.05) is 23.2 Å². The monoisotopic (exact) mass is 301 g/mol. The van der Waals surface area contributed by atoms with Gasteiger partial charge < -0.3 is 4.74 Å². The molecule has 1 aromatic carbocycles. The van der Waals surface area contributed by atoms with Crippen LogP contribution in [0.3, 0.4) is 0 Å². The standard InChI is InChI=1S/C11H9Cl2N3OS/c1-17-10-8(12)4-7(5-9(10)13)6-15-16-11-14-2-3-18-11/h2-6H,1H3,(H,14,16)/b15-6-. The van der Waals surface area contributed by atoms with Gasteiger partial charge in [0, 0.05) is 11.6 Å². The molecule has 0 atom stereocenters. The second-order valence-electron chi connectivity index (χ2n) is 3.23. The molecule has 4 nitrogen and oxygen atoms in total. The van der Waals surface area contributed by atoms with E-state index >= 15 is 0 Å². The number of hydrogen-bond acceptors (Lipinski definition) is 5. The predicted molar refractivity (Wildman–Crippen MR) is 76.3 cm³/mol. The van der Waals surface area contributed by atoms with Crippen LogP contribution >= 0.6 is 34.5 Å². The first-order valence-corrected chi connectivity index (χ1v) is 6.56. The fraction of sp³-hybridized carbons (Fsp3) is 0.0909. The molecule has 0 aliphatic carbocycles. The zero-order valence-electron chi connectivity index (χ0n) is 9.35. The third-order valence-corrected chi connectivity index (χ3v) is 3.27. The molecule has 0 amide bonds. The summed E-state index contributed by atoms with van der Waals surface area (Å²) in [6.07, 6.45) is 3.31. The Kier molecular flexibility index (Phi) is 4.41. The van der Waals surface area contributed by atoms with Crippen molar-refractivity contribution < 1.29 is 4.74 Å². The zero-order chi connectivity index (χ0) is 13.0. The lowest BCUT2D eigenvalue weighted by Crippen LogP contribution is -1.92. The summed E-state index contributed by atoms with van der Waals surface area (Å²) < 4.78 is 5.06. The Labute approximate surface area is 118 Å². The van der Waals surface area contributed by atoms with Crippen molar-refractivity contribution in [2.45, 2.75) is 0 Å². The third-order valence-electron chi connectivity index (χ3n) is 2.03. The van der Waals surface area contributed by atoms with Crippen molar-refractivity contribution in [1.29, 1.82) is 0 Å². The molecule has 0 radical (unpaired) electrons. The molecule has 0 bridgehead atoms. The van der Waals surface area contributed by atoms with Crippen LogP contribution in [0.1, 0.15) is 5.56 Å². The number of nitrogens with zero attached hydrogens (tertiary/aromatic N) is 2. The van der Waals surface area contributed by atoms with Crippen molar-refractivity contribution in [1.82, 2.24) is 4.98 Å². The molecule has 7 heteroatoms. The first kappa shape index (κ1) is 13.1. The van der Waals surface area contributed by atoms with Crippen LogP contribution in [-0.2, 0) is 0 Å². The topological polar surface area (TPSA) is 46.5 Å². The van der Waals surface area contributed by atoms with Crippen molar-refractivity contribution in [3.8, 4) is 5.75 Å². The summed E-state index contributed by atoms with van der Waals surface area (Å²) in [5.74, 6) is 0.461. The quantitative estimate of drug-likeness (QED) is 0.688. The Hall–Kier alpha value is -1.30. The van der Waals surface area contributed by atoms with Crippen molar-refractivity contribution >= 4 is 45.9 Å². The number of hydrazone groups is 1. The van der Waals surface area contributed by atoms with Gasteiger partial charge in [0.05, 0.1) is 23.4 Å². The minimum absolute atomic E-state index is 0.445. The Balaban J connectivity index is 2.12. The number of benzene rings is 1. The number of rotatable bonds is 4. The summed E-state index contributed by atoms with van der Waals surface area (Å²) >= 11 is 13.5. The number of anilines is 1. The van der Waals surface area contributed by atoms with E-state index in [9.17, 15) is 0 Å². The van der Waals surface area contributed by atoms with Gasteiger partial charge in [-0.25, -0.2) is 4.98 Å². The van der Waals surface area contributed by atoms with Crippen LogP contribution < -0.4 is 10.2 Å². The Morgan fingerprint density at radius 3 is 2.67 bits per heavy atom. The van der Waals surface area contributed by atoms with Gasteiger partial charge in [0.25, 0.3) is 0 Å². The van der Waals surface area contributed by atoms with E-state index in [1.807, 2.05) is 5.38 Å². The number of hydrogen-bond donors (Lipinski definition) is 1. The highest BCUT2D eigenvalue weighted by molar-refractivity contribution is 7.13. The zero-order valence-corrected chi connectivity index (χ0v) is 11.7. The number of ether oxygens (including phenoxy) is 1. The molecule has 18 heavy (non-hydrogen) atoms. The Morgan fingerprint density at radius 2 is 2.11 bits per heavy atom. The predicted octanol–water partition coefficient (Wildman–Crippen LogP) is 3.90. The molecule has 94 valence electrons. The van der Waals surface area contributed by atoms with E-state index in [-0.39, 0.29) is 0 Å². The van der Waals surface area contributed by atoms with Gasteiger partial charge in [0.15, 0.2) is 5.75 Å². The average Bonchev–Trinajstić information content (AvgIpc) is 2.82. The lowest BCUT2D eigenvalue weighted by molar-refractivity contribution is 0.415. The van der Waals surface area contributed by atoms with Gasteiger partial charge >= 0.3 is 0 Å². The van der Waals surface area contributed by atoms with Crippen LogP contribution in [0.25, 0.3) is 0 Å². The molecule has 0 aliphatic rings. The molecule has 0 unspecified atom stereocenters. The van der Waals surface area contributed by atoms with Gasteiger partial charge in [-0.3, -0.25) is 5.43 Å². The molecule has 0 fully saturated rings.